The van der Waals surface area contributed by atoms with E-state index in [4.69, 9.17) is 0 Å². The molecule has 70 valence electrons. The Morgan fingerprint density at radius 2 is 2.07 bits per heavy atom. The van der Waals surface area contributed by atoms with E-state index in [2.05, 4.69) is 0 Å². The fraction of sp³-hybridized carbons (Fsp3) is 0.250. The van der Waals surface area contributed by atoms with Crippen molar-refractivity contribution in [3.8, 4) is 0 Å². The third-order valence-corrected chi connectivity index (χ3v) is 2.76. The minimum absolute atomic E-state index is 0.299. The molecule has 2 heteroatoms. The van der Waals surface area contributed by atoms with E-state index in [-0.39, 0.29) is 0 Å². The first-order valence-electron chi connectivity index (χ1n) is 4.96. The van der Waals surface area contributed by atoms with Crippen LogP contribution in [0.4, 0.5) is 0 Å². The van der Waals surface area contributed by atoms with Crippen molar-refractivity contribution < 1.29 is 4.79 Å². The lowest BCUT2D eigenvalue weighted by Gasteiger charge is -1.99. The highest BCUT2D eigenvalue weighted by atomic mass is 16.1. The summed E-state index contributed by atoms with van der Waals surface area (Å²) in [5, 5.41) is 0. The van der Waals surface area contributed by atoms with Gasteiger partial charge in [0.2, 0.25) is 0 Å². The molecule has 2 nitrogen and oxygen atoms in total. The highest BCUT2D eigenvalue weighted by Gasteiger charge is 2.31. The Morgan fingerprint density at radius 1 is 1.21 bits per heavy atom. The molecular formula is C12H11NO. The average molecular weight is 185 g/mol. The summed E-state index contributed by atoms with van der Waals surface area (Å²) in [5.41, 5.74) is 1.93. The summed E-state index contributed by atoms with van der Waals surface area (Å²) in [4.78, 5) is 11.9. The van der Waals surface area contributed by atoms with Gasteiger partial charge in [0.25, 0.3) is 0 Å². The molecular weight excluding hydrogens is 174 g/mol. The molecule has 1 aliphatic rings. The van der Waals surface area contributed by atoms with E-state index in [1.165, 1.54) is 0 Å². The van der Waals surface area contributed by atoms with E-state index in [1.807, 2.05) is 40.9 Å². The van der Waals surface area contributed by atoms with Crippen LogP contribution in [-0.4, -0.2) is 10.2 Å². The second-order valence-corrected chi connectivity index (χ2v) is 3.85. The van der Waals surface area contributed by atoms with Gasteiger partial charge < -0.3 is 4.40 Å². The maximum Gasteiger partial charge on any atom is 0.182 e. The Hall–Kier alpha value is -1.57. The molecule has 1 aliphatic carbocycles. The summed E-state index contributed by atoms with van der Waals surface area (Å²) in [6, 6.07) is 9.88. The summed E-state index contributed by atoms with van der Waals surface area (Å²) in [6.07, 6.45) is 4.09. The van der Waals surface area contributed by atoms with Crippen LogP contribution in [0.15, 0.2) is 36.5 Å². The van der Waals surface area contributed by atoms with Crippen molar-refractivity contribution in [2.45, 2.75) is 12.8 Å². The maximum atomic E-state index is 11.9. The number of hydrogen-bond acceptors (Lipinski definition) is 1. The van der Waals surface area contributed by atoms with E-state index < -0.39 is 0 Å². The number of pyridine rings is 1. The molecule has 0 atom stereocenters. The molecule has 0 saturated heterocycles. The number of Topliss-reactive ketones (excluding diaryl/α,β-unsaturated/α-hetero) is 1. The molecule has 2 aromatic rings. The highest BCUT2D eigenvalue weighted by molar-refractivity contribution is 5.98. The SMILES string of the molecule is O=C(c1ccc2ccccn12)C1CC1. The number of nitrogens with zero attached hydrogens (tertiary/aromatic N) is 1. The Labute approximate surface area is 82.2 Å². The second-order valence-electron chi connectivity index (χ2n) is 3.85. The normalized spacial score (nSPS) is 16.0. The van der Waals surface area contributed by atoms with Crippen molar-refractivity contribution in [3.63, 3.8) is 0 Å². The Balaban J connectivity index is 2.16. The van der Waals surface area contributed by atoms with Crippen LogP contribution >= 0.6 is 0 Å². The molecule has 2 aromatic heterocycles. The lowest BCUT2D eigenvalue weighted by atomic mass is 10.2. The molecule has 0 N–H and O–H groups in total. The van der Waals surface area contributed by atoms with Crippen LogP contribution in [0.25, 0.3) is 5.52 Å². The van der Waals surface area contributed by atoms with Gasteiger partial charge in [-0.1, -0.05) is 6.07 Å². The third-order valence-electron chi connectivity index (χ3n) is 2.76. The lowest BCUT2D eigenvalue weighted by Crippen LogP contribution is -2.04. The summed E-state index contributed by atoms with van der Waals surface area (Å²) < 4.78 is 1.97. The number of rotatable bonds is 2. The molecule has 0 unspecified atom stereocenters. The Morgan fingerprint density at radius 3 is 2.86 bits per heavy atom. The fourth-order valence-corrected chi connectivity index (χ4v) is 1.81. The molecule has 0 aromatic carbocycles. The van der Waals surface area contributed by atoms with Gasteiger partial charge in [0.05, 0.1) is 5.69 Å². The standard InChI is InChI=1S/C12H11NO/c14-12(9-4-5-9)11-7-6-10-3-1-2-8-13(10)11/h1-3,6-9H,4-5H2. The quantitative estimate of drug-likeness (QED) is 0.659. The lowest BCUT2D eigenvalue weighted by molar-refractivity contribution is 0.0962. The Bertz CT molecular complexity index is 494. The van der Waals surface area contributed by atoms with Gasteiger partial charge in [0, 0.05) is 17.6 Å². The first-order chi connectivity index (χ1) is 6.86. The second kappa shape index (κ2) is 2.71. The van der Waals surface area contributed by atoms with Gasteiger partial charge in [-0.05, 0) is 37.1 Å². The van der Waals surface area contributed by atoms with Crippen LogP contribution in [0.3, 0.4) is 0 Å². The van der Waals surface area contributed by atoms with Crippen LogP contribution < -0.4 is 0 Å². The molecule has 1 fully saturated rings. The van der Waals surface area contributed by atoms with E-state index in [1.54, 1.807) is 0 Å². The number of hydrogen-bond donors (Lipinski definition) is 0. The first-order valence-corrected chi connectivity index (χ1v) is 4.96. The zero-order valence-electron chi connectivity index (χ0n) is 7.81. The van der Waals surface area contributed by atoms with Crippen molar-refractivity contribution in [1.82, 2.24) is 4.40 Å². The van der Waals surface area contributed by atoms with Crippen LogP contribution in [0, 0.1) is 5.92 Å². The van der Waals surface area contributed by atoms with Gasteiger partial charge in [-0.3, -0.25) is 4.79 Å². The highest BCUT2D eigenvalue weighted by Crippen LogP contribution is 2.32. The maximum absolute atomic E-state index is 11.9. The molecule has 0 aliphatic heterocycles. The predicted octanol–water partition coefficient (Wildman–Crippen LogP) is 2.53. The number of carbonyl (C=O) groups excluding carboxylic acids is 1. The monoisotopic (exact) mass is 185 g/mol. The smallest absolute Gasteiger partial charge is 0.182 e. The minimum Gasteiger partial charge on any atom is -0.314 e. The molecule has 0 spiro atoms. The van der Waals surface area contributed by atoms with Crippen LogP contribution in [0.2, 0.25) is 0 Å². The topological polar surface area (TPSA) is 21.5 Å². The first kappa shape index (κ1) is 7.80. The van der Waals surface area contributed by atoms with E-state index in [0.717, 1.165) is 24.1 Å². The van der Waals surface area contributed by atoms with Crippen molar-refractivity contribution in [2.75, 3.05) is 0 Å². The van der Waals surface area contributed by atoms with Gasteiger partial charge in [0.15, 0.2) is 5.78 Å². The van der Waals surface area contributed by atoms with Gasteiger partial charge in [-0.2, -0.15) is 0 Å². The molecule has 3 rings (SSSR count). The van der Waals surface area contributed by atoms with Crippen molar-refractivity contribution >= 4 is 11.3 Å². The van der Waals surface area contributed by atoms with Crippen LogP contribution in [0.5, 0.6) is 0 Å². The summed E-state index contributed by atoms with van der Waals surface area (Å²) in [5.74, 6) is 0.601. The fourth-order valence-electron chi connectivity index (χ4n) is 1.81. The Kier molecular flexibility index (Phi) is 1.51. The van der Waals surface area contributed by atoms with E-state index in [0.29, 0.717) is 11.7 Å². The van der Waals surface area contributed by atoms with Crippen molar-refractivity contribution in [3.05, 3.63) is 42.2 Å². The van der Waals surface area contributed by atoms with Crippen LogP contribution in [-0.2, 0) is 0 Å². The zero-order valence-corrected chi connectivity index (χ0v) is 7.81. The van der Waals surface area contributed by atoms with E-state index in [9.17, 15) is 4.79 Å². The minimum atomic E-state index is 0.299. The summed E-state index contributed by atoms with van der Waals surface area (Å²) >= 11 is 0. The largest absolute Gasteiger partial charge is 0.314 e. The third kappa shape index (κ3) is 1.07. The predicted molar refractivity (Wildman–Crippen MR) is 54.5 cm³/mol. The van der Waals surface area contributed by atoms with E-state index >= 15 is 0 Å². The molecule has 0 radical (unpaired) electrons. The molecule has 0 amide bonds. The molecule has 2 heterocycles. The summed E-state index contributed by atoms with van der Waals surface area (Å²) in [7, 11) is 0. The molecule has 14 heavy (non-hydrogen) atoms. The summed E-state index contributed by atoms with van der Waals surface area (Å²) in [6.45, 7) is 0. The number of ketones is 1. The molecule has 0 bridgehead atoms. The van der Waals surface area contributed by atoms with Crippen LogP contribution in [0.1, 0.15) is 23.3 Å². The van der Waals surface area contributed by atoms with Crippen molar-refractivity contribution in [1.29, 1.82) is 0 Å². The van der Waals surface area contributed by atoms with Gasteiger partial charge >= 0.3 is 0 Å². The number of carbonyl (C=O) groups is 1. The number of aromatic nitrogens is 1. The number of fused-ring (bicyclic) bond motifs is 1. The van der Waals surface area contributed by atoms with Gasteiger partial charge in [-0.15, -0.1) is 0 Å². The average Bonchev–Trinajstić information content (AvgIpc) is 2.97. The molecule has 1 saturated carbocycles. The van der Waals surface area contributed by atoms with Gasteiger partial charge in [-0.25, -0.2) is 0 Å². The zero-order chi connectivity index (χ0) is 9.54. The van der Waals surface area contributed by atoms with Crippen molar-refractivity contribution in [2.24, 2.45) is 5.92 Å². The van der Waals surface area contributed by atoms with Gasteiger partial charge in [0.1, 0.15) is 0 Å².